The first kappa shape index (κ1) is 23.8. The Morgan fingerprint density at radius 2 is 1.88 bits per heavy atom. The van der Waals surface area contributed by atoms with Crippen LogP contribution >= 0.6 is 11.8 Å². The van der Waals surface area contributed by atoms with Crippen LogP contribution in [0.5, 0.6) is 0 Å². The molecule has 0 spiro atoms. The normalized spacial score (nSPS) is 14.5. The molecule has 2 aromatic carbocycles. The molecule has 0 aliphatic heterocycles. The number of nitrogens with zero attached hydrogens (tertiary/aromatic N) is 2. The first-order valence-corrected chi connectivity index (χ1v) is 10.8. The van der Waals surface area contributed by atoms with Crippen molar-refractivity contribution in [1.29, 1.82) is 0 Å². The summed E-state index contributed by atoms with van der Waals surface area (Å²) in [7, 11) is 2.96. The number of hydrazone groups is 1. The lowest BCUT2D eigenvalue weighted by Crippen LogP contribution is -2.32. The molecule has 11 heteroatoms. The number of hydrogen-bond donors (Lipinski definition) is 4. The zero-order valence-corrected chi connectivity index (χ0v) is 18.6. The summed E-state index contributed by atoms with van der Waals surface area (Å²) in [5.41, 5.74) is 3.33. The van der Waals surface area contributed by atoms with Gasteiger partial charge in [-0.1, -0.05) is 12.8 Å². The minimum Gasteiger partial charge on any atom is -0.321 e. The number of halogens is 2. The molecular weight excluding hydrogens is 438 g/mol. The van der Waals surface area contributed by atoms with E-state index in [4.69, 9.17) is 16.5 Å². The molecule has 1 saturated carbocycles. The number of nitrogens with one attached hydrogen (secondary N) is 2. The van der Waals surface area contributed by atoms with E-state index in [0.29, 0.717) is 16.1 Å². The average Bonchev–Trinajstić information content (AvgIpc) is 3.30. The van der Waals surface area contributed by atoms with Gasteiger partial charge in [0.15, 0.2) is 0 Å². The molecule has 2 aromatic rings. The summed E-state index contributed by atoms with van der Waals surface area (Å²) in [5, 5.41) is 7.36. The molecular formula is C21H26F2N6O2S. The van der Waals surface area contributed by atoms with Gasteiger partial charge in [-0.25, -0.2) is 14.6 Å². The monoisotopic (exact) mass is 464 g/mol. The summed E-state index contributed by atoms with van der Waals surface area (Å²) < 4.78 is 29.5. The standard InChI is InChI=1S/C21H26F2N6O2S/c1-29(25)21(27-24)32-18-8-7-14(28-31-2)11-15(18)20(30)26-19-16(22)9-13(10-17(19)23)12-5-3-4-6-12/h7-12,28H,3-6,24-25H2,1-2H3,(H,26,30)/b27-21+. The van der Waals surface area contributed by atoms with Gasteiger partial charge in [-0.3, -0.25) is 20.1 Å². The summed E-state index contributed by atoms with van der Waals surface area (Å²) in [6.45, 7) is 0. The average molecular weight is 465 g/mol. The molecule has 8 nitrogen and oxygen atoms in total. The Kier molecular flexibility index (Phi) is 7.89. The number of amides is 1. The molecule has 1 amide bonds. The van der Waals surface area contributed by atoms with E-state index in [1.165, 1.54) is 37.4 Å². The Balaban J connectivity index is 1.91. The van der Waals surface area contributed by atoms with E-state index in [0.717, 1.165) is 37.4 Å². The highest BCUT2D eigenvalue weighted by atomic mass is 32.2. The smallest absolute Gasteiger partial charge is 0.257 e. The van der Waals surface area contributed by atoms with Crippen molar-refractivity contribution in [3.8, 4) is 0 Å². The SMILES string of the molecule is CONc1ccc(S/C(=N/N)N(C)N)c(C(=O)Nc2c(F)cc(C3CCCC3)cc2F)c1. The molecule has 1 aliphatic carbocycles. The number of hydrazine groups is 1. The van der Waals surface area contributed by atoms with Crippen LogP contribution in [0.2, 0.25) is 0 Å². The van der Waals surface area contributed by atoms with Crippen LogP contribution in [0, 0.1) is 11.6 Å². The second-order valence-electron chi connectivity index (χ2n) is 7.44. The van der Waals surface area contributed by atoms with E-state index >= 15 is 0 Å². The van der Waals surface area contributed by atoms with Crippen LogP contribution in [0.15, 0.2) is 40.3 Å². The lowest BCUT2D eigenvalue weighted by atomic mass is 9.97. The van der Waals surface area contributed by atoms with Gasteiger partial charge in [0, 0.05) is 11.9 Å². The minimum atomic E-state index is -0.813. The van der Waals surface area contributed by atoms with Gasteiger partial charge in [0.25, 0.3) is 5.91 Å². The summed E-state index contributed by atoms with van der Waals surface area (Å²) in [6, 6.07) is 7.36. The second-order valence-corrected chi connectivity index (χ2v) is 8.45. The van der Waals surface area contributed by atoms with E-state index in [1.54, 1.807) is 12.1 Å². The lowest BCUT2D eigenvalue weighted by Gasteiger charge is -2.17. The van der Waals surface area contributed by atoms with Crippen molar-refractivity contribution in [2.24, 2.45) is 16.8 Å². The van der Waals surface area contributed by atoms with Crippen molar-refractivity contribution in [2.45, 2.75) is 36.5 Å². The van der Waals surface area contributed by atoms with Crippen LogP contribution in [0.4, 0.5) is 20.2 Å². The van der Waals surface area contributed by atoms with Gasteiger partial charge in [-0.2, -0.15) is 5.10 Å². The van der Waals surface area contributed by atoms with E-state index in [-0.39, 0.29) is 16.6 Å². The summed E-state index contributed by atoms with van der Waals surface area (Å²) in [6.07, 6.45) is 3.91. The number of benzene rings is 2. The maximum Gasteiger partial charge on any atom is 0.257 e. The molecule has 1 fully saturated rings. The first-order chi connectivity index (χ1) is 15.3. The number of carbonyl (C=O) groups is 1. The molecule has 0 aromatic heterocycles. The van der Waals surface area contributed by atoms with Gasteiger partial charge in [0.1, 0.15) is 17.3 Å². The largest absolute Gasteiger partial charge is 0.321 e. The van der Waals surface area contributed by atoms with Crippen LogP contribution in [0.3, 0.4) is 0 Å². The van der Waals surface area contributed by atoms with Gasteiger partial charge in [-0.15, -0.1) is 0 Å². The molecule has 172 valence electrons. The molecule has 1 aliphatic rings. The highest BCUT2D eigenvalue weighted by Gasteiger charge is 2.23. The lowest BCUT2D eigenvalue weighted by molar-refractivity contribution is 0.102. The van der Waals surface area contributed by atoms with Gasteiger partial charge >= 0.3 is 0 Å². The fourth-order valence-corrected chi connectivity index (χ4v) is 4.44. The third-order valence-corrected chi connectivity index (χ3v) is 6.34. The fourth-order valence-electron chi connectivity index (χ4n) is 3.65. The van der Waals surface area contributed by atoms with Gasteiger partial charge in [-0.05, 0) is 66.4 Å². The Morgan fingerprint density at radius 1 is 1.22 bits per heavy atom. The van der Waals surface area contributed by atoms with Crippen LogP contribution in [-0.2, 0) is 4.84 Å². The third kappa shape index (κ3) is 5.47. The number of anilines is 2. The van der Waals surface area contributed by atoms with Crippen molar-refractivity contribution in [1.82, 2.24) is 5.01 Å². The Morgan fingerprint density at radius 3 is 2.44 bits per heavy atom. The molecule has 6 N–H and O–H groups in total. The van der Waals surface area contributed by atoms with Crippen LogP contribution in [-0.4, -0.2) is 30.2 Å². The number of hydrogen-bond acceptors (Lipinski definition) is 7. The van der Waals surface area contributed by atoms with E-state index in [2.05, 4.69) is 15.9 Å². The van der Waals surface area contributed by atoms with Crippen molar-refractivity contribution >= 4 is 34.2 Å². The van der Waals surface area contributed by atoms with Gasteiger partial charge < -0.3 is 11.2 Å². The Bertz CT molecular complexity index is 989. The van der Waals surface area contributed by atoms with Crippen LogP contribution in [0.25, 0.3) is 0 Å². The number of thioether (sulfide) groups is 1. The predicted molar refractivity (Wildman–Crippen MR) is 122 cm³/mol. The number of amidine groups is 1. The summed E-state index contributed by atoms with van der Waals surface area (Å²) in [4.78, 5) is 18.3. The minimum absolute atomic E-state index is 0.124. The van der Waals surface area contributed by atoms with Crippen molar-refractivity contribution < 1.29 is 18.4 Å². The topological polar surface area (TPSA) is 118 Å². The van der Waals surface area contributed by atoms with Crippen molar-refractivity contribution in [2.75, 3.05) is 25.0 Å². The zero-order chi connectivity index (χ0) is 23.3. The Hall–Kier alpha value is -2.89. The summed E-state index contributed by atoms with van der Waals surface area (Å²) in [5.74, 6) is 8.87. The van der Waals surface area contributed by atoms with Gasteiger partial charge in [0.2, 0.25) is 5.17 Å². The van der Waals surface area contributed by atoms with Crippen LogP contribution < -0.4 is 22.5 Å². The third-order valence-electron chi connectivity index (χ3n) is 5.19. The molecule has 0 heterocycles. The number of carbonyl (C=O) groups excluding carboxylic acids is 1. The predicted octanol–water partition coefficient (Wildman–Crippen LogP) is 3.98. The van der Waals surface area contributed by atoms with Crippen molar-refractivity contribution in [3.05, 3.63) is 53.1 Å². The molecule has 0 saturated heterocycles. The first-order valence-electron chi connectivity index (χ1n) is 10.0. The number of nitrogens with two attached hydrogens (primary N) is 2. The quantitative estimate of drug-likeness (QED) is 0.168. The molecule has 0 bridgehead atoms. The maximum absolute atomic E-state index is 14.8. The molecule has 3 rings (SSSR count). The molecule has 32 heavy (non-hydrogen) atoms. The van der Waals surface area contributed by atoms with E-state index < -0.39 is 23.2 Å². The number of rotatable bonds is 6. The highest BCUT2D eigenvalue weighted by molar-refractivity contribution is 8.13. The van der Waals surface area contributed by atoms with Crippen LogP contribution in [0.1, 0.15) is 47.5 Å². The fraction of sp³-hybridized carbons (Fsp3) is 0.333. The molecule has 0 radical (unpaired) electrons. The van der Waals surface area contributed by atoms with E-state index in [1.807, 2.05) is 0 Å². The van der Waals surface area contributed by atoms with E-state index in [9.17, 15) is 13.6 Å². The zero-order valence-electron chi connectivity index (χ0n) is 17.8. The Labute approximate surface area is 189 Å². The maximum atomic E-state index is 14.8. The second kappa shape index (κ2) is 10.6. The molecule has 0 atom stereocenters. The highest BCUT2D eigenvalue weighted by Crippen LogP contribution is 2.36. The molecule has 0 unspecified atom stereocenters. The summed E-state index contributed by atoms with van der Waals surface area (Å²) >= 11 is 1.03. The van der Waals surface area contributed by atoms with Gasteiger partial charge in [0.05, 0.1) is 18.4 Å². The van der Waals surface area contributed by atoms with Crippen molar-refractivity contribution in [3.63, 3.8) is 0 Å².